The molecule has 108 valence electrons. The van der Waals surface area contributed by atoms with E-state index in [9.17, 15) is 4.79 Å². The maximum atomic E-state index is 12.5. The second-order valence-electron chi connectivity index (χ2n) is 4.66. The number of benzene rings is 2. The lowest BCUT2D eigenvalue weighted by Crippen LogP contribution is -2.04. The zero-order chi connectivity index (χ0) is 14.8. The Morgan fingerprint density at radius 2 is 1.67 bits per heavy atom. The lowest BCUT2D eigenvalue weighted by molar-refractivity contribution is -0.0441. The molecule has 0 saturated carbocycles. The summed E-state index contributed by atoms with van der Waals surface area (Å²) in [6.07, 6.45) is -0.397. The molecule has 2 aromatic carbocycles. The maximum absolute atomic E-state index is 12.5. The van der Waals surface area contributed by atoms with Crippen LogP contribution in [-0.2, 0) is 9.47 Å². The summed E-state index contributed by atoms with van der Waals surface area (Å²) in [4.78, 5) is 12.5. The van der Waals surface area contributed by atoms with Crippen LogP contribution in [0.1, 0.15) is 27.8 Å². The number of hydrogen-bond donors (Lipinski definition) is 0. The Kier molecular flexibility index (Phi) is 4.27. The van der Waals surface area contributed by atoms with Gasteiger partial charge >= 0.3 is 0 Å². The van der Waals surface area contributed by atoms with Gasteiger partial charge in [0.05, 0.1) is 23.3 Å². The van der Waals surface area contributed by atoms with Crippen molar-refractivity contribution in [1.29, 1.82) is 0 Å². The molecule has 1 aliphatic heterocycles. The van der Waals surface area contributed by atoms with E-state index in [0.29, 0.717) is 34.4 Å². The van der Waals surface area contributed by atoms with Crippen molar-refractivity contribution >= 4 is 29.0 Å². The van der Waals surface area contributed by atoms with E-state index in [-0.39, 0.29) is 5.78 Å². The van der Waals surface area contributed by atoms with Crippen molar-refractivity contribution in [3.8, 4) is 0 Å². The van der Waals surface area contributed by atoms with Crippen LogP contribution in [0, 0.1) is 0 Å². The van der Waals surface area contributed by atoms with Gasteiger partial charge in [0.1, 0.15) is 0 Å². The number of halogens is 2. The SMILES string of the molecule is O=C(c1cccc(C2OCCO2)c1)c1ccc(Cl)c(Cl)c1. The van der Waals surface area contributed by atoms with Gasteiger partial charge in [0.2, 0.25) is 0 Å². The first kappa shape index (κ1) is 14.5. The van der Waals surface area contributed by atoms with E-state index in [0.717, 1.165) is 5.56 Å². The van der Waals surface area contributed by atoms with Crippen molar-refractivity contribution in [2.75, 3.05) is 13.2 Å². The highest BCUT2D eigenvalue weighted by atomic mass is 35.5. The van der Waals surface area contributed by atoms with Crippen LogP contribution in [0.25, 0.3) is 0 Å². The summed E-state index contributed by atoms with van der Waals surface area (Å²) in [5.74, 6) is -0.117. The van der Waals surface area contributed by atoms with Gasteiger partial charge in [-0.3, -0.25) is 4.79 Å². The van der Waals surface area contributed by atoms with Crippen LogP contribution in [0.3, 0.4) is 0 Å². The van der Waals surface area contributed by atoms with Gasteiger partial charge in [-0.2, -0.15) is 0 Å². The molecule has 0 aromatic heterocycles. The standard InChI is InChI=1S/C16H12Cl2O3/c17-13-5-4-11(9-14(13)18)15(19)10-2-1-3-12(8-10)16-20-6-7-21-16/h1-5,8-9,16H,6-7H2. The van der Waals surface area contributed by atoms with Crippen LogP contribution in [0.5, 0.6) is 0 Å². The highest BCUT2D eigenvalue weighted by Crippen LogP contribution is 2.26. The molecule has 0 radical (unpaired) electrons. The lowest BCUT2D eigenvalue weighted by atomic mass is 10.0. The van der Waals surface area contributed by atoms with E-state index >= 15 is 0 Å². The average molecular weight is 323 g/mol. The predicted molar refractivity (Wildman–Crippen MR) is 81.0 cm³/mol. The number of ketones is 1. The quantitative estimate of drug-likeness (QED) is 0.791. The van der Waals surface area contributed by atoms with E-state index in [1.54, 1.807) is 30.3 Å². The highest BCUT2D eigenvalue weighted by molar-refractivity contribution is 6.42. The van der Waals surface area contributed by atoms with Crippen LogP contribution >= 0.6 is 23.2 Å². The third-order valence-corrected chi connectivity index (χ3v) is 3.96. The van der Waals surface area contributed by atoms with Crippen LogP contribution in [0.4, 0.5) is 0 Å². The third-order valence-electron chi connectivity index (χ3n) is 3.22. The van der Waals surface area contributed by atoms with E-state index in [1.165, 1.54) is 0 Å². The molecule has 0 unspecified atom stereocenters. The van der Waals surface area contributed by atoms with Gasteiger partial charge in [-0.25, -0.2) is 0 Å². The molecule has 0 atom stereocenters. The van der Waals surface area contributed by atoms with Gasteiger partial charge in [0, 0.05) is 16.7 Å². The molecular weight excluding hydrogens is 311 g/mol. The summed E-state index contributed by atoms with van der Waals surface area (Å²) in [6.45, 7) is 1.13. The Bertz CT molecular complexity index is 679. The monoisotopic (exact) mass is 322 g/mol. The smallest absolute Gasteiger partial charge is 0.193 e. The number of ether oxygens (including phenoxy) is 2. The molecule has 0 N–H and O–H groups in total. The predicted octanol–water partition coefficient (Wildman–Crippen LogP) is 4.27. The summed E-state index contributed by atoms with van der Waals surface area (Å²) < 4.78 is 10.9. The van der Waals surface area contributed by atoms with Crippen molar-refractivity contribution in [3.05, 3.63) is 69.2 Å². The Labute approximate surface area is 132 Å². The highest BCUT2D eigenvalue weighted by Gasteiger charge is 2.19. The van der Waals surface area contributed by atoms with Crippen molar-refractivity contribution in [2.45, 2.75) is 6.29 Å². The minimum atomic E-state index is -0.397. The number of rotatable bonds is 3. The van der Waals surface area contributed by atoms with Crippen molar-refractivity contribution in [1.82, 2.24) is 0 Å². The van der Waals surface area contributed by atoms with E-state index in [2.05, 4.69) is 0 Å². The minimum Gasteiger partial charge on any atom is -0.346 e. The number of carbonyl (C=O) groups excluding carboxylic acids is 1. The zero-order valence-corrected chi connectivity index (χ0v) is 12.5. The summed E-state index contributed by atoms with van der Waals surface area (Å²) in [6, 6.07) is 12.1. The Morgan fingerprint density at radius 1 is 0.952 bits per heavy atom. The zero-order valence-electron chi connectivity index (χ0n) is 11.0. The Hall–Kier alpha value is -1.39. The number of hydrogen-bond acceptors (Lipinski definition) is 3. The van der Waals surface area contributed by atoms with Crippen LogP contribution in [0.15, 0.2) is 42.5 Å². The average Bonchev–Trinajstić information content (AvgIpc) is 3.04. The normalized spacial score (nSPS) is 15.3. The van der Waals surface area contributed by atoms with E-state index in [1.807, 2.05) is 12.1 Å². The molecule has 21 heavy (non-hydrogen) atoms. The first-order valence-corrected chi connectivity index (χ1v) is 7.23. The minimum absolute atomic E-state index is 0.117. The topological polar surface area (TPSA) is 35.5 Å². The summed E-state index contributed by atoms with van der Waals surface area (Å²) in [7, 11) is 0. The molecule has 1 saturated heterocycles. The van der Waals surface area contributed by atoms with Crippen molar-refractivity contribution < 1.29 is 14.3 Å². The Morgan fingerprint density at radius 3 is 2.38 bits per heavy atom. The van der Waals surface area contributed by atoms with Crippen LogP contribution in [-0.4, -0.2) is 19.0 Å². The summed E-state index contributed by atoms with van der Waals surface area (Å²) in [5, 5.41) is 0.788. The fourth-order valence-corrected chi connectivity index (χ4v) is 2.48. The molecule has 5 heteroatoms. The van der Waals surface area contributed by atoms with Crippen molar-refractivity contribution in [3.63, 3.8) is 0 Å². The van der Waals surface area contributed by atoms with Gasteiger partial charge in [-0.1, -0.05) is 41.4 Å². The van der Waals surface area contributed by atoms with Gasteiger partial charge in [0.25, 0.3) is 0 Å². The van der Waals surface area contributed by atoms with Gasteiger partial charge in [0.15, 0.2) is 12.1 Å². The molecule has 2 aromatic rings. The molecule has 0 bridgehead atoms. The fraction of sp³-hybridized carbons (Fsp3) is 0.188. The first-order chi connectivity index (χ1) is 10.1. The van der Waals surface area contributed by atoms with Gasteiger partial charge in [-0.05, 0) is 24.3 Å². The van der Waals surface area contributed by atoms with Crippen LogP contribution in [0.2, 0.25) is 10.0 Å². The van der Waals surface area contributed by atoms with E-state index in [4.69, 9.17) is 32.7 Å². The first-order valence-electron chi connectivity index (χ1n) is 6.48. The van der Waals surface area contributed by atoms with Gasteiger partial charge in [-0.15, -0.1) is 0 Å². The lowest BCUT2D eigenvalue weighted by Gasteiger charge is -2.10. The second kappa shape index (κ2) is 6.16. The molecule has 1 fully saturated rings. The summed E-state index contributed by atoms with van der Waals surface area (Å²) in [5.41, 5.74) is 1.89. The fourth-order valence-electron chi connectivity index (χ4n) is 2.18. The van der Waals surface area contributed by atoms with Crippen molar-refractivity contribution in [2.24, 2.45) is 0 Å². The number of carbonyl (C=O) groups is 1. The van der Waals surface area contributed by atoms with Crippen LogP contribution < -0.4 is 0 Å². The molecule has 1 aliphatic rings. The summed E-state index contributed by atoms with van der Waals surface area (Å²) >= 11 is 11.8. The van der Waals surface area contributed by atoms with E-state index < -0.39 is 6.29 Å². The molecule has 3 nitrogen and oxygen atoms in total. The molecule has 0 aliphatic carbocycles. The third kappa shape index (κ3) is 3.11. The molecule has 3 rings (SSSR count). The molecule has 0 amide bonds. The molecule has 0 spiro atoms. The largest absolute Gasteiger partial charge is 0.346 e. The van der Waals surface area contributed by atoms with Gasteiger partial charge < -0.3 is 9.47 Å². The maximum Gasteiger partial charge on any atom is 0.193 e. The Balaban J connectivity index is 1.90. The second-order valence-corrected chi connectivity index (χ2v) is 5.47. The molecular formula is C16H12Cl2O3. The molecule has 1 heterocycles.